The zero-order valence-electron chi connectivity index (χ0n) is 7.50. The van der Waals surface area contributed by atoms with Gasteiger partial charge in [-0.2, -0.15) is 0 Å². The van der Waals surface area contributed by atoms with Crippen LogP contribution in [-0.4, -0.2) is 10.5 Å². The van der Waals surface area contributed by atoms with Gasteiger partial charge in [0.15, 0.2) is 0 Å². The smallest absolute Gasteiger partial charge is 0.220 e. The molecule has 0 aliphatic carbocycles. The van der Waals surface area contributed by atoms with Crippen molar-refractivity contribution in [1.82, 2.24) is 9.88 Å². The molecule has 0 aliphatic heterocycles. The summed E-state index contributed by atoms with van der Waals surface area (Å²) in [4.78, 5) is 10.9. The Balaban J connectivity index is 2.43. The van der Waals surface area contributed by atoms with Crippen molar-refractivity contribution in [3.05, 3.63) is 24.0 Å². The van der Waals surface area contributed by atoms with Crippen LogP contribution in [0.2, 0.25) is 0 Å². The third-order valence-electron chi connectivity index (χ3n) is 1.84. The topological polar surface area (TPSA) is 34.0 Å². The van der Waals surface area contributed by atoms with Gasteiger partial charge in [0.1, 0.15) is 0 Å². The number of aromatic nitrogens is 1. The van der Waals surface area contributed by atoms with E-state index in [0.29, 0.717) is 13.0 Å². The molecule has 66 valence electrons. The minimum absolute atomic E-state index is 0.0937. The van der Waals surface area contributed by atoms with E-state index in [2.05, 4.69) is 5.32 Å². The minimum Gasteiger partial charge on any atom is -0.353 e. The van der Waals surface area contributed by atoms with Crippen LogP contribution in [0.15, 0.2) is 18.3 Å². The molecule has 0 saturated carbocycles. The molecule has 1 aromatic rings. The Morgan fingerprint density at radius 1 is 1.67 bits per heavy atom. The van der Waals surface area contributed by atoms with Crippen molar-refractivity contribution in [2.45, 2.75) is 19.9 Å². The van der Waals surface area contributed by atoms with Gasteiger partial charge in [-0.15, -0.1) is 0 Å². The second-order valence-corrected chi connectivity index (χ2v) is 2.74. The highest BCUT2D eigenvalue weighted by atomic mass is 16.1. The zero-order valence-corrected chi connectivity index (χ0v) is 7.50. The van der Waals surface area contributed by atoms with Crippen LogP contribution in [0, 0.1) is 0 Å². The molecule has 12 heavy (non-hydrogen) atoms. The maximum absolute atomic E-state index is 10.9. The monoisotopic (exact) mass is 166 g/mol. The lowest BCUT2D eigenvalue weighted by Crippen LogP contribution is -2.22. The molecule has 3 heteroatoms. The van der Waals surface area contributed by atoms with E-state index in [1.165, 1.54) is 0 Å². The van der Waals surface area contributed by atoms with E-state index in [4.69, 9.17) is 0 Å². The highest BCUT2D eigenvalue weighted by Crippen LogP contribution is 1.98. The Morgan fingerprint density at radius 2 is 2.42 bits per heavy atom. The molecule has 0 atom stereocenters. The van der Waals surface area contributed by atoms with E-state index < -0.39 is 0 Å². The molecule has 0 saturated heterocycles. The predicted molar refractivity (Wildman–Crippen MR) is 47.6 cm³/mol. The van der Waals surface area contributed by atoms with Crippen LogP contribution in [0.25, 0.3) is 0 Å². The number of aryl methyl sites for hydroxylation is 1. The first-order chi connectivity index (χ1) is 5.74. The third-order valence-corrected chi connectivity index (χ3v) is 1.84. The standard InChI is InChI=1S/C9H14N2O/c1-3-9(12)10-7-8-5-4-6-11(8)2/h4-6H,3,7H2,1-2H3,(H,10,12). The summed E-state index contributed by atoms with van der Waals surface area (Å²) in [6.45, 7) is 2.47. The maximum atomic E-state index is 10.9. The van der Waals surface area contributed by atoms with Gasteiger partial charge in [-0.05, 0) is 12.1 Å². The van der Waals surface area contributed by atoms with Gasteiger partial charge in [0, 0.05) is 25.4 Å². The van der Waals surface area contributed by atoms with Crippen LogP contribution in [0.4, 0.5) is 0 Å². The first-order valence-corrected chi connectivity index (χ1v) is 4.11. The van der Waals surface area contributed by atoms with E-state index in [1.54, 1.807) is 0 Å². The number of hydrogen-bond donors (Lipinski definition) is 1. The highest BCUT2D eigenvalue weighted by Gasteiger charge is 1.98. The molecule has 0 aliphatic rings. The van der Waals surface area contributed by atoms with Crippen molar-refractivity contribution < 1.29 is 4.79 Å². The van der Waals surface area contributed by atoms with Crippen molar-refractivity contribution in [2.75, 3.05) is 0 Å². The Kier molecular flexibility index (Phi) is 2.91. The van der Waals surface area contributed by atoms with Gasteiger partial charge in [0.25, 0.3) is 0 Å². The molecule has 1 amide bonds. The summed E-state index contributed by atoms with van der Waals surface area (Å²) in [5, 5.41) is 2.82. The lowest BCUT2D eigenvalue weighted by Gasteiger charge is -2.04. The fourth-order valence-corrected chi connectivity index (χ4v) is 0.994. The van der Waals surface area contributed by atoms with Gasteiger partial charge in [-0.25, -0.2) is 0 Å². The second kappa shape index (κ2) is 3.95. The Hall–Kier alpha value is -1.25. The molecule has 0 bridgehead atoms. The van der Waals surface area contributed by atoms with Crippen molar-refractivity contribution in [3.8, 4) is 0 Å². The summed E-state index contributed by atoms with van der Waals surface area (Å²) in [5.41, 5.74) is 1.12. The molecular weight excluding hydrogens is 152 g/mol. The molecule has 0 spiro atoms. The molecule has 1 aromatic heterocycles. The number of rotatable bonds is 3. The van der Waals surface area contributed by atoms with Crippen LogP contribution in [0.5, 0.6) is 0 Å². The van der Waals surface area contributed by atoms with Gasteiger partial charge in [0.2, 0.25) is 5.91 Å². The predicted octanol–water partition coefficient (Wildman–Crippen LogP) is 1.05. The molecule has 1 heterocycles. The first kappa shape index (κ1) is 8.84. The van der Waals surface area contributed by atoms with Gasteiger partial charge in [-0.1, -0.05) is 6.92 Å². The molecule has 0 fully saturated rings. The Morgan fingerprint density at radius 3 is 2.92 bits per heavy atom. The van der Waals surface area contributed by atoms with E-state index in [1.807, 2.05) is 36.9 Å². The number of nitrogens with zero attached hydrogens (tertiary/aromatic N) is 1. The number of nitrogens with one attached hydrogen (secondary N) is 1. The number of carbonyl (C=O) groups is 1. The second-order valence-electron chi connectivity index (χ2n) is 2.74. The van der Waals surface area contributed by atoms with Gasteiger partial charge >= 0.3 is 0 Å². The van der Waals surface area contributed by atoms with Crippen LogP contribution < -0.4 is 5.32 Å². The van der Waals surface area contributed by atoms with E-state index in [-0.39, 0.29) is 5.91 Å². The fraction of sp³-hybridized carbons (Fsp3) is 0.444. The normalized spacial score (nSPS) is 9.83. The zero-order chi connectivity index (χ0) is 8.97. The summed E-state index contributed by atoms with van der Waals surface area (Å²) in [5.74, 6) is 0.0937. The average molecular weight is 166 g/mol. The maximum Gasteiger partial charge on any atom is 0.220 e. The molecule has 1 rings (SSSR count). The largest absolute Gasteiger partial charge is 0.353 e. The molecule has 1 N–H and O–H groups in total. The van der Waals surface area contributed by atoms with Gasteiger partial charge in [-0.3, -0.25) is 4.79 Å². The van der Waals surface area contributed by atoms with Crippen molar-refractivity contribution in [1.29, 1.82) is 0 Å². The number of hydrogen-bond acceptors (Lipinski definition) is 1. The average Bonchev–Trinajstić information content (AvgIpc) is 2.47. The summed E-state index contributed by atoms with van der Waals surface area (Å²) in [6, 6.07) is 3.96. The SMILES string of the molecule is CCC(=O)NCc1cccn1C. The molecule has 0 unspecified atom stereocenters. The van der Waals surface area contributed by atoms with Crippen molar-refractivity contribution in [3.63, 3.8) is 0 Å². The Bertz CT molecular complexity index is 265. The molecule has 0 radical (unpaired) electrons. The van der Waals surface area contributed by atoms with E-state index in [9.17, 15) is 4.79 Å². The summed E-state index contributed by atoms with van der Waals surface area (Å²) >= 11 is 0. The summed E-state index contributed by atoms with van der Waals surface area (Å²) in [7, 11) is 1.97. The quantitative estimate of drug-likeness (QED) is 0.715. The minimum atomic E-state index is 0.0937. The molecular formula is C9H14N2O. The van der Waals surface area contributed by atoms with Gasteiger partial charge in [0.05, 0.1) is 6.54 Å². The highest BCUT2D eigenvalue weighted by molar-refractivity contribution is 5.75. The Labute approximate surface area is 72.4 Å². The van der Waals surface area contributed by atoms with Crippen LogP contribution in [0.1, 0.15) is 19.0 Å². The van der Waals surface area contributed by atoms with Crippen molar-refractivity contribution in [2.24, 2.45) is 7.05 Å². The van der Waals surface area contributed by atoms with E-state index >= 15 is 0 Å². The summed E-state index contributed by atoms with van der Waals surface area (Å²) in [6.07, 6.45) is 2.51. The fourth-order valence-electron chi connectivity index (χ4n) is 0.994. The van der Waals surface area contributed by atoms with Crippen LogP contribution in [0.3, 0.4) is 0 Å². The first-order valence-electron chi connectivity index (χ1n) is 4.11. The molecule has 0 aromatic carbocycles. The van der Waals surface area contributed by atoms with Crippen LogP contribution >= 0.6 is 0 Å². The van der Waals surface area contributed by atoms with Gasteiger partial charge < -0.3 is 9.88 Å². The van der Waals surface area contributed by atoms with E-state index in [0.717, 1.165) is 5.69 Å². The van der Waals surface area contributed by atoms with Crippen molar-refractivity contribution >= 4 is 5.91 Å². The lowest BCUT2D eigenvalue weighted by molar-refractivity contribution is -0.120. The number of amides is 1. The van der Waals surface area contributed by atoms with Crippen LogP contribution in [-0.2, 0) is 18.4 Å². The summed E-state index contributed by atoms with van der Waals surface area (Å²) < 4.78 is 2.00. The lowest BCUT2D eigenvalue weighted by atomic mass is 10.4. The molecule has 3 nitrogen and oxygen atoms in total. The number of carbonyl (C=O) groups excluding carboxylic acids is 1. The third kappa shape index (κ3) is 2.12.